The molecule has 2 heteroatoms. The van der Waals surface area contributed by atoms with Gasteiger partial charge in [-0.1, -0.05) is 38.1 Å². The molecule has 1 aliphatic rings. The van der Waals surface area contributed by atoms with Crippen molar-refractivity contribution in [2.75, 3.05) is 0 Å². The van der Waals surface area contributed by atoms with Crippen molar-refractivity contribution in [2.45, 2.75) is 25.3 Å². The highest BCUT2D eigenvalue weighted by Gasteiger charge is 2.32. The number of rotatable bonds is 0. The summed E-state index contributed by atoms with van der Waals surface area (Å²) in [7, 11) is 0. The smallest absolute Gasteiger partial charge is 0.258 e. The Morgan fingerprint density at radius 1 is 1.25 bits per heavy atom. The zero-order valence-corrected chi connectivity index (χ0v) is 9.36. The minimum Gasteiger partial charge on any atom is -0.305 e. The number of nitrogens with zero attached hydrogens (tertiary/aromatic N) is 2. The zero-order chi connectivity index (χ0) is 11.8. The summed E-state index contributed by atoms with van der Waals surface area (Å²) in [6, 6.07) is 5.41. The molecule has 0 heterocycles. The number of hydrogen-bond acceptors (Lipinski definition) is 0. The van der Waals surface area contributed by atoms with Crippen LogP contribution in [0.1, 0.15) is 31.0 Å². The van der Waals surface area contributed by atoms with E-state index >= 15 is 0 Å². The van der Waals surface area contributed by atoms with Gasteiger partial charge in [-0.05, 0) is 11.6 Å². The van der Waals surface area contributed by atoms with Crippen molar-refractivity contribution in [3.05, 3.63) is 64.3 Å². The Bertz CT molecular complexity index is 539. The van der Waals surface area contributed by atoms with E-state index < -0.39 is 0 Å². The van der Waals surface area contributed by atoms with E-state index in [0.29, 0.717) is 5.69 Å². The summed E-state index contributed by atoms with van der Waals surface area (Å²) in [4.78, 5) is 7.10. The van der Waals surface area contributed by atoms with E-state index in [4.69, 9.17) is 13.1 Å². The highest BCUT2D eigenvalue weighted by atomic mass is 14.7. The summed E-state index contributed by atoms with van der Waals surface area (Å²) in [5.41, 5.74) is 2.51. The molecule has 1 aromatic carbocycles. The maximum absolute atomic E-state index is 7.20. The van der Waals surface area contributed by atoms with Crippen LogP contribution in [0.25, 0.3) is 9.69 Å². The Labute approximate surface area is 95.9 Å². The highest BCUT2D eigenvalue weighted by Crippen LogP contribution is 2.42. The van der Waals surface area contributed by atoms with Crippen LogP contribution in [-0.4, -0.2) is 0 Å². The molecule has 0 bridgehead atoms. The van der Waals surface area contributed by atoms with Gasteiger partial charge in [0.05, 0.1) is 6.57 Å². The minimum absolute atomic E-state index is 0.0861. The summed E-state index contributed by atoms with van der Waals surface area (Å²) >= 11 is 0. The van der Waals surface area contributed by atoms with Gasteiger partial charge in [-0.2, -0.15) is 0 Å². The second kappa shape index (κ2) is 3.51. The van der Waals surface area contributed by atoms with Crippen LogP contribution in [0, 0.1) is 13.1 Å². The van der Waals surface area contributed by atoms with Crippen LogP contribution in [0.5, 0.6) is 0 Å². The van der Waals surface area contributed by atoms with E-state index in [1.165, 1.54) is 0 Å². The molecule has 0 aromatic heterocycles. The Hall–Kier alpha value is -2.06. The molecule has 0 amide bonds. The monoisotopic (exact) mass is 208 g/mol. The van der Waals surface area contributed by atoms with E-state index in [9.17, 15) is 0 Å². The molecule has 2 nitrogen and oxygen atoms in total. The van der Waals surface area contributed by atoms with E-state index in [1.807, 2.05) is 18.2 Å². The number of fused-ring (bicyclic) bond motifs is 1. The molecule has 0 aliphatic heterocycles. The van der Waals surface area contributed by atoms with E-state index in [-0.39, 0.29) is 11.5 Å². The van der Waals surface area contributed by atoms with Crippen LogP contribution >= 0.6 is 0 Å². The standard InChI is InChI=1S/C14H12N2/c1-14(2)9-8-12(16-4)13-10(14)6-5-7-11(13)15-3/h5-9,12H,1-2H3. The van der Waals surface area contributed by atoms with Gasteiger partial charge in [0.2, 0.25) is 0 Å². The molecule has 0 N–H and O–H groups in total. The van der Waals surface area contributed by atoms with Crippen molar-refractivity contribution in [1.29, 1.82) is 0 Å². The van der Waals surface area contributed by atoms with Crippen molar-refractivity contribution >= 4 is 5.69 Å². The molecular weight excluding hydrogens is 196 g/mol. The summed E-state index contributed by atoms with van der Waals surface area (Å²) in [6.45, 7) is 18.6. The summed E-state index contributed by atoms with van der Waals surface area (Å²) in [5, 5.41) is 0. The van der Waals surface area contributed by atoms with E-state index in [0.717, 1.165) is 11.1 Å². The fourth-order valence-corrected chi connectivity index (χ4v) is 2.15. The second-order valence-electron chi connectivity index (χ2n) is 4.50. The molecule has 0 saturated heterocycles. The van der Waals surface area contributed by atoms with Gasteiger partial charge in [-0.3, -0.25) is 0 Å². The van der Waals surface area contributed by atoms with Gasteiger partial charge in [0, 0.05) is 11.0 Å². The third-order valence-corrected chi connectivity index (χ3v) is 3.03. The number of hydrogen-bond donors (Lipinski definition) is 0. The fraction of sp³-hybridized carbons (Fsp3) is 0.286. The fourth-order valence-electron chi connectivity index (χ4n) is 2.15. The first-order chi connectivity index (χ1) is 7.60. The Morgan fingerprint density at radius 2 is 2.00 bits per heavy atom. The summed E-state index contributed by atoms with van der Waals surface area (Å²) in [5.74, 6) is 0. The number of allylic oxidation sites excluding steroid dienone is 1. The lowest BCUT2D eigenvalue weighted by atomic mass is 9.75. The molecule has 1 aliphatic carbocycles. The SMILES string of the molecule is [C-]#[N+]c1cccc2c1C([N+]#[C-])C=CC2(C)C. The van der Waals surface area contributed by atoms with Crippen molar-refractivity contribution in [3.8, 4) is 0 Å². The molecule has 1 aromatic rings. The first-order valence-electron chi connectivity index (χ1n) is 5.17. The van der Waals surface area contributed by atoms with E-state index in [1.54, 1.807) is 6.07 Å². The maximum atomic E-state index is 7.20. The van der Waals surface area contributed by atoms with Crippen LogP contribution in [0.3, 0.4) is 0 Å². The van der Waals surface area contributed by atoms with Crippen molar-refractivity contribution in [1.82, 2.24) is 0 Å². The van der Waals surface area contributed by atoms with E-state index in [2.05, 4.69) is 29.6 Å². The highest BCUT2D eigenvalue weighted by molar-refractivity contribution is 5.62. The summed E-state index contributed by atoms with van der Waals surface area (Å²) in [6.07, 6.45) is 3.97. The van der Waals surface area contributed by atoms with Gasteiger partial charge in [0.1, 0.15) is 0 Å². The molecule has 0 spiro atoms. The Morgan fingerprint density at radius 3 is 2.62 bits per heavy atom. The Balaban J connectivity index is 2.76. The van der Waals surface area contributed by atoms with Crippen LogP contribution in [0.2, 0.25) is 0 Å². The lowest BCUT2D eigenvalue weighted by Gasteiger charge is -2.28. The van der Waals surface area contributed by atoms with Gasteiger partial charge >= 0.3 is 0 Å². The van der Waals surface area contributed by atoms with Crippen molar-refractivity contribution in [3.63, 3.8) is 0 Å². The lowest BCUT2D eigenvalue weighted by molar-refractivity contribution is 0.640. The molecule has 16 heavy (non-hydrogen) atoms. The van der Waals surface area contributed by atoms with Crippen molar-refractivity contribution in [2.24, 2.45) is 0 Å². The molecule has 0 saturated carbocycles. The molecule has 1 unspecified atom stereocenters. The zero-order valence-electron chi connectivity index (χ0n) is 9.36. The third-order valence-electron chi connectivity index (χ3n) is 3.03. The molecular formula is C14H12N2. The van der Waals surface area contributed by atoms with Crippen molar-refractivity contribution < 1.29 is 0 Å². The predicted molar refractivity (Wildman–Crippen MR) is 64.2 cm³/mol. The van der Waals surface area contributed by atoms with Crippen LogP contribution in [0.4, 0.5) is 5.69 Å². The second-order valence-corrected chi connectivity index (χ2v) is 4.50. The summed E-state index contributed by atoms with van der Waals surface area (Å²) < 4.78 is 0. The van der Waals surface area contributed by atoms with Gasteiger partial charge in [0.25, 0.3) is 6.04 Å². The largest absolute Gasteiger partial charge is 0.305 e. The van der Waals surface area contributed by atoms with Crippen LogP contribution < -0.4 is 0 Å². The van der Waals surface area contributed by atoms with Gasteiger partial charge in [-0.15, -0.1) is 0 Å². The average Bonchev–Trinajstić information content (AvgIpc) is 2.29. The maximum Gasteiger partial charge on any atom is 0.258 e. The minimum atomic E-state index is -0.298. The first-order valence-corrected chi connectivity index (χ1v) is 5.17. The predicted octanol–water partition coefficient (Wildman–Crippen LogP) is 4.05. The average molecular weight is 208 g/mol. The van der Waals surface area contributed by atoms with Gasteiger partial charge in [0.15, 0.2) is 5.69 Å². The first kappa shape index (κ1) is 10.5. The molecule has 2 rings (SSSR count). The topological polar surface area (TPSA) is 8.72 Å². The molecule has 0 radical (unpaired) electrons. The van der Waals surface area contributed by atoms with Gasteiger partial charge in [-0.25, -0.2) is 11.4 Å². The Kier molecular flexibility index (Phi) is 2.29. The molecule has 78 valence electrons. The van der Waals surface area contributed by atoms with Crippen LogP contribution in [0.15, 0.2) is 30.4 Å². The van der Waals surface area contributed by atoms with Gasteiger partial charge < -0.3 is 4.85 Å². The number of benzene rings is 1. The lowest BCUT2D eigenvalue weighted by Crippen LogP contribution is -2.20. The quantitative estimate of drug-likeness (QED) is 0.449. The van der Waals surface area contributed by atoms with Crippen LogP contribution in [-0.2, 0) is 5.41 Å². The molecule has 1 atom stereocenters. The normalized spacial score (nSPS) is 20.6. The third kappa shape index (κ3) is 1.40. The molecule has 0 fully saturated rings.